The Hall–Kier alpha value is -1.34. The maximum Gasteiger partial charge on any atom is 0.371 e. The highest BCUT2D eigenvalue weighted by Gasteiger charge is 2.23. The number of furan rings is 1. The van der Waals surface area contributed by atoms with Gasteiger partial charge in [0.2, 0.25) is 10.9 Å². The average molecular weight is 289 g/mol. The van der Waals surface area contributed by atoms with E-state index in [2.05, 4.69) is 4.72 Å². The van der Waals surface area contributed by atoms with Gasteiger partial charge in [-0.25, -0.2) is 17.9 Å². The molecule has 0 saturated heterocycles. The highest BCUT2D eigenvalue weighted by molar-refractivity contribution is 7.89. The summed E-state index contributed by atoms with van der Waals surface area (Å²) in [6.45, 7) is 5.85. The molecule has 0 fully saturated rings. The van der Waals surface area contributed by atoms with E-state index >= 15 is 0 Å². The SMILES string of the molecule is CCC(C)CC(C)NS(=O)(=O)c1ccc(C(=O)O)o1. The fourth-order valence-electron chi connectivity index (χ4n) is 1.72. The van der Waals surface area contributed by atoms with Crippen molar-refractivity contribution in [3.8, 4) is 0 Å². The molecule has 2 unspecified atom stereocenters. The predicted molar refractivity (Wildman–Crippen MR) is 69.5 cm³/mol. The normalized spacial score (nSPS) is 15.1. The number of carbonyl (C=O) groups is 1. The van der Waals surface area contributed by atoms with Gasteiger partial charge < -0.3 is 9.52 Å². The third-order valence-electron chi connectivity index (χ3n) is 2.87. The molecular formula is C12H19NO5S. The van der Waals surface area contributed by atoms with Crippen molar-refractivity contribution in [1.29, 1.82) is 0 Å². The molecule has 1 aromatic rings. The molecule has 0 radical (unpaired) electrons. The minimum Gasteiger partial charge on any atom is -0.475 e. The molecule has 0 aliphatic carbocycles. The summed E-state index contributed by atoms with van der Waals surface area (Å²) in [4.78, 5) is 10.6. The summed E-state index contributed by atoms with van der Waals surface area (Å²) in [5, 5.41) is 8.31. The number of sulfonamides is 1. The highest BCUT2D eigenvalue weighted by Crippen LogP contribution is 2.16. The number of rotatable bonds is 7. The zero-order valence-corrected chi connectivity index (χ0v) is 12.0. The van der Waals surface area contributed by atoms with Crippen LogP contribution < -0.4 is 4.72 Å². The van der Waals surface area contributed by atoms with Crippen LogP contribution in [0, 0.1) is 5.92 Å². The van der Waals surface area contributed by atoms with Crippen molar-refractivity contribution in [3.63, 3.8) is 0 Å². The summed E-state index contributed by atoms with van der Waals surface area (Å²) in [6.07, 6.45) is 1.68. The summed E-state index contributed by atoms with van der Waals surface area (Å²) in [6, 6.07) is 2.02. The van der Waals surface area contributed by atoms with Gasteiger partial charge in [-0.1, -0.05) is 20.3 Å². The van der Waals surface area contributed by atoms with Crippen molar-refractivity contribution in [2.75, 3.05) is 0 Å². The lowest BCUT2D eigenvalue weighted by Gasteiger charge is -2.16. The van der Waals surface area contributed by atoms with Crippen LogP contribution in [-0.2, 0) is 10.0 Å². The lowest BCUT2D eigenvalue weighted by molar-refractivity contribution is 0.0656. The molecule has 108 valence electrons. The van der Waals surface area contributed by atoms with Gasteiger partial charge in [-0.15, -0.1) is 0 Å². The van der Waals surface area contributed by atoms with Gasteiger partial charge in [0, 0.05) is 6.04 Å². The molecule has 1 rings (SSSR count). The van der Waals surface area contributed by atoms with Crippen LogP contribution in [0.3, 0.4) is 0 Å². The molecule has 0 saturated carbocycles. The molecule has 0 spiro atoms. The summed E-state index contributed by atoms with van der Waals surface area (Å²) in [5.41, 5.74) is 0. The number of aromatic carboxylic acids is 1. The van der Waals surface area contributed by atoms with Crippen molar-refractivity contribution in [1.82, 2.24) is 4.72 Å². The lowest BCUT2D eigenvalue weighted by atomic mass is 10.0. The van der Waals surface area contributed by atoms with Crippen LogP contribution in [0.25, 0.3) is 0 Å². The summed E-state index contributed by atoms with van der Waals surface area (Å²) >= 11 is 0. The third-order valence-corrected chi connectivity index (χ3v) is 4.33. The molecular weight excluding hydrogens is 270 g/mol. The molecule has 0 amide bonds. The van der Waals surface area contributed by atoms with E-state index in [1.807, 2.05) is 13.8 Å². The molecule has 6 nitrogen and oxygen atoms in total. The lowest BCUT2D eigenvalue weighted by Crippen LogP contribution is -2.33. The molecule has 7 heteroatoms. The number of carboxylic acid groups (broad SMARTS) is 1. The summed E-state index contributed by atoms with van der Waals surface area (Å²) < 4.78 is 31.2. The Labute approximate surface area is 112 Å². The molecule has 1 heterocycles. The van der Waals surface area contributed by atoms with Gasteiger partial charge >= 0.3 is 5.97 Å². The smallest absolute Gasteiger partial charge is 0.371 e. The molecule has 1 aromatic heterocycles. The standard InChI is InChI=1S/C12H19NO5S/c1-4-8(2)7-9(3)13-19(16,17)11-6-5-10(18-11)12(14)15/h5-6,8-9,13H,4,7H2,1-3H3,(H,14,15). The topological polar surface area (TPSA) is 96.6 Å². The third kappa shape index (κ3) is 4.36. The zero-order valence-electron chi connectivity index (χ0n) is 11.2. The van der Waals surface area contributed by atoms with Crippen molar-refractivity contribution >= 4 is 16.0 Å². The quantitative estimate of drug-likeness (QED) is 0.801. The first kappa shape index (κ1) is 15.7. The Morgan fingerprint density at radius 2 is 2.05 bits per heavy atom. The molecule has 2 atom stereocenters. The van der Waals surface area contributed by atoms with Crippen LogP contribution in [0.5, 0.6) is 0 Å². The summed E-state index contributed by atoms with van der Waals surface area (Å²) in [7, 11) is -3.81. The van der Waals surface area contributed by atoms with Gasteiger partial charge in [-0.05, 0) is 31.4 Å². The van der Waals surface area contributed by atoms with E-state index in [0.717, 1.165) is 18.6 Å². The largest absolute Gasteiger partial charge is 0.475 e. The number of carboxylic acids is 1. The maximum atomic E-state index is 12.0. The predicted octanol–water partition coefficient (Wildman–Crippen LogP) is 2.08. The van der Waals surface area contributed by atoms with Gasteiger partial charge in [0.1, 0.15) is 0 Å². The van der Waals surface area contributed by atoms with Crippen LogP contribution in [0.2, 0.25) is 0 Å². The van der Waals surface area contributed by atoms with E-state index in [9.17, 15) is 13.2 Å². The van der Waals surface area contributed by atoms with E-state index in [0.29, 0.717) is 12.3 Å². The van der Waals surface area contributed by atoms with Gasteiger partial charge in [0.05, 0.1) is 0 Å². The second kappa shape index (κ2) is 6.21. The minimum absolute atomic E-state index is 0.238. The van der Waals surface area contributed by atoms with Crippen LogP contribution in [-0.4, -0.2) is 25.5 Å². The van der Waals surface area contributed by atoms with Gasteiger partial charge in [-0.3, -0.25) is 0 Å². The first-order chi connectivity index (χ1) is 8.76. The van der Waals surface area contributed by atoms with Gasteiger partial charge in [0.15, 0.2) is 0 Å². The van der Waals surface area contributed by atoms with E-state index in [-0.39, 0.29) is 11.1 Å². The molecule has 0 aromatic carbocycles. The van der Waals surface area contributed by atoms with E-state index < -0.39 is 21.8 Å². The molecule has 0 bridgehead atoms. The fraction of sp³-hybridized carbons (Fsp3) is 0.583. The summed E-state index contributed by atoms with van der Waals surface area (Å²) in [5.74, 6) is -1.28. The molecule has 0 aliphatic rings. The van der Waals surface area contributed by atoms with Crippen molar-refractivity contribution in [2.45, 2.75) is 44.7 Å². The van der Waals surface area contributed by atoms with Crippen LogP contribution in [0.15, 0.2) is 21.6 Å². The molecule has 0 aliphatic heterocycles. The zero-order chi connectivity index (χ0) is 14.6. The van der Waals surface area contributed by atoms with Crippen LogP contribution in [0.4, 0.5) is 0 Å². The molecule has 19 heavy (non-hydrogen) atoms. The number of hydrogen-bond donors (Lipinski definition) is 2. The Balaban J connectivity index is 2.77. The van der Waals surface area contributed by atoms with Crippen molar-refractivity contribution in [2.24, 2.45) is 5.92 Å². The fourth-order valence-corrected chi connectivity index (χ4v) is 2.91. The maximum absolute atomic E-state index is 12.0. The van der Waals surface area contributed by atoms with Gasteiger partial charge in [-0.2, -0.15) is 0 Å². The van der Waals surface area contributed by atoms with Crippen molar-refractivity contribution in [3.05, 3.63) is 17.9 Å². The monoisotopic (exact) mass is 289 g/mol. The minimum atomic E-state index is -3.81. The average Bonchev–Trinajstić information content (AvgIpc) is 2.77. The Kier molecular flexibility index (Phi) is 5.13. The highest BCUT2D eigenvalue weighted by atomic mass is 32.2. The number of hydrogen-bond acceptors (Lipinski definition) is 4. The van der Waals surface area contributed by atoms with E-state index in [4.69, 9.17) is 9.52 Å². The van der Waals surface area contributed by atoms with Gasteiger partial charge in [0.25, 0.3) is 10.0 Å². The second-order valence-corrected chi connectivity index (χ2v) is 6.34. The Bertz CT molecular complexity index is 534. The van der Waals surface area contributed by atoms with E-state index in [1.54, 1.807) is 6.92 Å². The second-order valence-electron chi connectivity index (χ2n) is 4.70. The Morgan fingerprint density at radius 1 is 1.42 bits per heavy atom. The van der Waals surface area contributed by atoms with Crippen LogP contribution >= 0.6 is 0 Å². The van der Waals surface area contributed by atoms with Crippen molar-refractivity contribution < 1.29 is 22.7 Å². The number of nitrogens with one attached hydrogen (secondary N) is 1. The van der Waals surface area contributed by atoms with E-state index in [1.165, 1.54) is 0 Å². The first-order valence-electron chi connectivity index (χ1n) is 6.11. The Morgan fingerprint density at radius 3 is 2.53 bits per heavy atom. The molecule has 2 N–H and O–H groups in total. The van der Waals surface area contributed by atoms with Crippen LogP contribution in [0.1, 0.15) is 44.2 Å². The first-order valence-corrected chi connectivity index (χ1v) is 7.60.